The van der Waals surface area contributed by atoms with Crippen molar-refractivity contribution in [2.75, 3.05) is 26.8 Å². The molecule has 2 aliphatic heterocycles. The van der Waals surface area contributed by atoms with E-state index < -0.39 is 0 Å². The van der Waals surface area contributed by atoms with E-state index in [0.29, 0.717) is 24.5 Å². The molecule has 0 radical (unpaired) electrons. The van der Waals surface area contributed by atoms with E-state index in [-0.39, 0.29) is 0 Å². The number of benzene rings is 1. The van der Waals surface area contributed by atoms with Crippen molar-refractivity contribution >= 4 is 5.71 Å². The third-order valence-corrected chi connectivity index (χ3v) is 7.52. The van der Waals surface area contributed by atoms with Crippen LogP contribution in [0.1, 0.15) is 64.2 Å². The Labute approximate surface area is 219 Å². The molecule has 4 heteroatoms. The van der Waals surface area contributed by atoms with Crippen molar-refractivity contribution in [3.63, 3.8) is 0 Å². The van der Waals surface area contributed by atoms with Crippen molar-refractivity contribution in [2.45, 2.75) is 73.1 Å². The Morgan fingerprint density at radius 3 is 2.75 bits per heavy atom. The second-order valence-corrected chi connectivity index (χ2v) is 10.4. The quantitative estimate of drug-likeness (QED) is 0.189. The van der Waals surface area contributed by atoms with E-state index in [1.807, 2.05) is 26.1 Å². The Kier molecular flexibility index (Phi) is 11.2. The number of fused-ring (bicyclic) bond motifs is 1. The third kappa shape index (κ3) is 8.04. The van der Waals surface area contributed by atoms with Crippen LogP contribution in [0.2, 0.25) is 0 Å². The van der Waals surface area contributed by atoms with E-state index >= 15 is 0 Å². The summed E-state index contributed by atoms with van der Waals surface area (Å²) in [7, 11) is 1.87. The zero-order chi connectivity index (χ0) is 25.9. The first-order valence-electron chi connectivity index (χ1n) is 13.6. The molecule has 0 spiro atoms. The van der Waals surface area contributed by atoms with Gasteiger partial charge in [0, 0.05) is 50.5 Å². The first-order valence-corrected chi connectivity index (χ1v) is 13.6. The summed E-state index contributed by atoms with van der Waals surface area (Å²) in [6, 6.07) is 7.45. The van der Waals surface area contributed by atoms with Gasteiger partial charge in [0.25, 0.3) is 0 Å². The van der Waals surface area contributed by atoms with Crippen molar-refractivity contribution in [1.82, 2.24) is 4.90 Å². The Balaban J connectivity index is 1.72. The van der Waals surface area contributed by atoms with Gasteiger partial charge in [-0.2, -0.15) is 0 Å². The van der Waals surface area contributed by atoms with Gasteiger partial charge in [-0.15, -0.1) is 0 Å². The molecule has 1 saturated heterocycles. The van der Waals surface area contributed by atoms with Gasteiger partial charge in [-0.05, 0) is 55.2 Å². The Bertz CT molecular complexity index is 993. The van der Waals surface area contributed by atoms with Crippen LogP contribution in [0.3, 0.4) is 0 Å². The van der Waals surface area contributed by atoms with Gasteiger partial charge in [-0.25, -0.2) is 0 Å². The van der Waals surface area contributed by atoms with Crippen LogP contribution in [-0.4, -0.2) is 43.5 Å². The fourth-order valence-corrected chi connectivity index (χ4v) is 4.69. The molecule has 0 aromatic heterocycles. The Morgan fingerprint density at radius 2 is 2.06 bits per heavy atom. The minimum absolute atomic E-state index is 0.487. The summed E-state index contributed by atoms with van der Waals surface area (Å²) in [4.78, 5) is 7.21. The monoisotopic (exact) mass is 490 g/mol. The molecule has 1 fully saturated rings. The zero-order valence-corrected chi connectivity index (χ0v) is 23.3. The largest absolute Gasteiger partial charge is 0.493 e. The lowest BCUT2D eigenvalue weighted by Crippen LogP contribution is -2.39. The molecule has 1 aromatic carbocycles. The van der Waals surface area contributed by atoms with Crippen molar-refractivity contribution in [3.8, 4) is 0 Å². The molecule has 0 N–H and O–H groups in total. The molecule has 3 rings (SSSR count). The van der Waals surface area contributed by atoms with Crippen LogP contribution >= 0.6 is 0 Å². The van der Waals surface area contributed by atoms with Crippen LogP contribution in [0.5, 0.6) is 0 Å². The predicted octanol–water partition coefficient (Wildman–Crippen LogP) is 7.07. The summed E-state index contributed by atoms with van der Waals surface area (Å²) >= 11 is 0. The molecule has 0 saturated carbocycles. The SMILES string of the molecule is C/C=C\C=C/CC(=N\C)/C(/C=C\C(C)C(C)C)=C(/C)OCc1ccc2c(c1)CCN(C1CCOC1)C2. The van der Waals surface area contributed by atoms with Crippen molar-refractivity contribution in [3.05, 3.63) is 82.7 Å². The van der Waals surface area contributed by atoms with Crippen LogP contribution in [-0.2, 0) is 29.0 Å². The summed E-state index contributed by atoms with van der Waals surface area (Å²) < 4.78 is 12.0. The van der Waals surface area contributed by atoms with Gasteiger partial charge in [-0.3, -0.25) is 9.89 Å². The average molecular weight is 491 g/mol. The highest BCUT2D eigenvalue weighted by atomic mass is 16.5. The number of hydrogen-bond acceptors (Lipinski definition) is 4. The molecule has 2 aliphatic rings. The Hall–Kier alpha value is -2.43. The summed E-state index contributed by atoms with van der Waals surface area (Å²) in [6.07, 6.45) is 15.8. The van der Waals surface area contributed by atoms with Gasteiger partial charge < -0.3 is 9.47 Å². The summed E-state index contributed by atoms with van der Waals surface area (Å²) in [5.41, 5.74) is 6.27. The molecule has 36 heavy (non-hydrogen) atoms. The van der Waals surface area contributed by atoms with Crippen molar-refractivity contribution in [2.24, 2.45) is 16.8 Å². The first-order chi connectivity index (χ1) is 17.4. The molecule has 2 atom stereocenters. The van der Waals surface area contributed by atoms with Gasteiger partial charge in [0.05, 0.1) is 6.61 Å². The second-order valence-electron chi connectivity index (χ2n) is 10.4. The lowest BCUT2D eigenvalue weighted by molar-refractivity contribution is 0.135. The molecular formula is C32H46N2O2. The second kappa shape index (κ2) is 14.3. The minimum Gasteiger partial charge on any atom is -0.493 e. The number of aliphatic imine (C=N–C) groups is 1. The van der Waals surface area contributed by atoms with Crippen LogP contribution < -0.4 is 0 Å². The molecule has 4 nitrogen and oxygen atoms in total. The molecule has 1 aromatic rings. The molecule has 2 unspecified atom stereocenters. The van der Waals surface area contributed by atoms with Crippen molar-refractivity contribution < 1.29 is 9.47 Å². The van der Waals surface area contributed by atoms with E-state index in [1.54, 1.807) is 0 Å². The maximum Gasteiger partial charge on any atom is 0.113 e. The van der Waals surface area contributed by atoms with Gasteiger partial charge in [-0.1, -0.05) is 75.4 Å². The fraction of sp³-hybridized carbons (Fsp3) is 0.531. The Morgan fingerprint density at radius 1 is 1.22 bits per heavy atom. The summed E-state index contributed by atoms with van der Waals surface area (Å²) in [5, 5.41) is 0. The van der Waals surface area contributed by atoms with Gasteiger partial charge in [0.2, 0.25) is 0 Å². The normalized spacial score (nSPS) is 21.1. The third-order valence-electron chi connectivity index (χ3n) is 7.52. The topological polar surface area (TPSA) is 34.1 Å². The highest BCUT2D eigenvalue weighted by Crippen LogP contribution is 2.25. The average Bonchev–Trinajstić information content (AvgIpc) is 3.43. The summed E-state index contributed by atoms with van der Waals surface area (Å²) in [6.45, 7) is 15.4. The molecule has 2 heterocycles. The summed E-state index contributed by atoms with van der Waals surface area (Å²) in [5.74, 6) is 2.00. The number of nitrogens with zero attached hydrogens (tertiary/aromatic N) is 2. The van der Waals surface area contributed by atoms with Gasteiger partial charge in [0.1, 0.15) is 12.4 Å². The predicted molar refractivity (Wildman–Crippen MR) is 152 cm³/mol. The van der Waals surface area contributed by atoms with Crippen LogP contribution in [0.4, 0.5) is 0 Å². The van der Waals surface area contributed by atoms with E-state index in [1.165, 1.54) is 16.7 Å². The van der Waals surface area contributed by atoms with E-state index in [2.05, 4.69) is 80.1 Å². The van der Waals surface area contributed by atoms with Crippen LogP contribution in [0, 0.1) is 11.8 Å². The lowest BCUT2D eigenvalue weighted by Gasteiger charge is -2.33. The maximum absolute atomic E-state index is 6.37. The number of hydrogen-bond donors (Lipinski definition) is 0. The standard InChI is InChI=1S/C32H46N2O2/c1-7-8-9-10-11-32(33-6)31(15-12-25(4)24(2)3)26(5)36-22-27-13-14-29-21-34(18-16-28(29)20-27)30-17-19-35-23-30/h7-10,12-15,20,24-25,30H,11,16-19,21-23H2,1-6H3/b8-7-,10-9-,15-12-,31-26-,33-32+. The van der Waals surface area contributed by atoms with E-state index in [9.17, 15) is 0 Å². The highest BCUT2D eigenvalue weighted by Gasteiger charge is 2.26. The first kappa shape index (κ1) is 28.1. The molecule has 0 aliphatic carbocycles. The smallest absolute Gasteiger partial charge is 0.113 e. The molecule has 196 valence electrons. The van der Waals surface area contributed by atoms with Gasteiger partial charge in [0.15, 0.2) is 0 Å². The number of allylic oxidation sites excluding steroid dienone is 8. The van der Waals surface area contributed by atoms with Crippen LogP contribution in [0.15, 0.2) is 71.0 Å². The van der Waals surface area contributed by atoms with Crippen molar-refractivity contribution in [1.29, 1.82) is 0 Å². The molecule has 0 bridgehead atoms. The number of ether oxygens (including phenoxy) is 2. The maximum atomic E-state index is 6.37. The minimum atomic E-state index is 0.487. The molecule has 0 amide bonds. The van der Waals surface area contributed by atoms with Gasteiger partial charge >= 0.3 is 0 Å². The number of rotatable bonds is 11. The zero-order valence-electron chi connectivity index (χ0n) is 23.3. The molecular weight excluding hydrogens is 444 g/mol. The highest BCUT2D eigenvalue weighted by molar-refractivity contribution is 6.03. The fourth-order valence-electron chi connectivity index (χ4n) is 4.69. The lowest BCUT2D eigenvalue weighted by atomic mass is 9.95. The van der Waals surface area contributed by atoms with Crippen LogP contribution in [0.25, 0.3) is 0 Å². The van der Waals surface area contributed by atoms with E-state index in [4.69, 9.17) is 9.47 Å². The van der Waals surface area contributed by atoms with E-state index in [0.717, 1.165) is 62.6 Å².